The second-order valence-electron chi connectivity index (χ2n) is 8.34. The molecular formula is C22H24N4O3. The van der Waals surface area contributed by atoms with Crippen molar-refractivity contribution in [2.75, 3.05) is 25.2 Å². The Labute approximate surface area is 170 Å². The minimum absolute atomic E-state index is 0.217. The van der Waals surface area contributed by atoms with Crippen molar-refractivity contribution in [3.63, 3.8) is 0 Å². The molecule has 1 aromatic carbocycles. The van der Waals surface area contributed by atoms with Gasteiger partial charge in [-0.05, 0) is 43.9 Å². The van der Waals surface area contributed by atoms with Crippen LogP contribution in [0, 0.1) is 23.2 Å². The fraction of sp³-hybridized carbons (Fsp3) is 0.500. The van der Waals surface area contributed by atoms with Gasteiger partial charge < -0.3 is 14.4 Å². The van der Waals surface area contributed by atoms with Crippen molar-refractivity contribution in [2.24, 2.45) is 11.3 Å². The molecule has 0 bridgehead atoms. The average molecular weight is 392 g/mol. The number of benzene rings is 1. The number of anilines is 1. The molecule has 0 unspecified atom stereocenters. The predicted octanol–water partition coefficient (Wildman–Crippen LogP) is 2.47. The molecule has 2 aromatic rings. The van der Waals surface area contributed by atoms with Crippen molar-refractivity contribution in [1.82, 2.24) is 15.0 Å². The van der Waals surface area contributed by atoms with E-state index in [-0.39, 0.29) is 23.3 Å². The first-order chi connectivity index (χ1) is 14.1. The van der Waals surface area contributed by atoms with E-state index in [1.807, 2.05) is 24.3 Å². The molecule has 2 aliphatic carbocycles. The van der Waals surface area contributed by atoms with Gasteiger partial charge in [-0.3, -0.25) is 4.79 Å². The van der Waals surface area contributed by atoms with Gasteiger partial charge in [0, 0.05) is 29.6 Å². The molecule has 2 saturated carbocycles. The summed E-state index contributed by atoms with van der Waals surface area (Å²) >= 11 is 0. The largest absolute Gasteiger partial charge is 0.350 e. The van der Waals surface area contributed by atoms with Crippen LogP contribution in [0.1, 0.15) is 41.7 Å². The normalized spacial score (nSPS) is 20.2. The van der Waals surface area contributed by atoms with E-state index in [4.69, 9.17) is 9.47 Å². The molecule has 5 rings (SSSR count). The molecule has 2 heterocycles. The first kappa shape index (κ1) is 18.3. The van der Waals surface area contributed by atoms with Crippen LogP contribution in [0.5, 0.6) is 0 Å². The Bertz CT molecular complexity index is 971. The third kappa shape index (κ3) is 4.19. The molecule has 1 aromatic heterocycles. The Morgan fingerprint density at radius 1 is 1.31 bits per heavy atom. The predicted molar refractivity (Wildman–Crippen MR) is 106 cm³/mol. The van der Waals surface area contributed by atoms with Crippen LogP contribution in [0.25, 0.3) is 0 Å². The van der Waals surface area contributed by atoms with Gasteiger partial charge in [0.15, 0.2) is 12.0 Å². The summed E-state index contributed by atoms with van der Waals surface area (Å²) in [5, 5.41) is 8.11. The summed E-state index contributed by atoms with van der Waals surface area (Å²) in [6, 6.07) is 7.69. The zero-order valence-electron chi connectivity index (χ0n) is 16.5. The second-order valence-corrected chi connectivity index (χ2v) is 8.34. The van der Waals surface area contributed by atoms with E-state index in [0.717, 1.165) is 24.5 Å². The molecule has 0 N–H and O–H groups in total. The third-order valence-electron chi connectivity index (χ3n) is 5.74. The lowest BCUT2D eigenvalue weighted by molar-refractivity contribution is -0.213. The molecule has 3 fully saturated rings. The van der Waals surface area contributed by atoms with Gasteiger partial charge in [0.25, 0.3) is 5.91 Å². The number of aromatic nitrogens is 3. The molecular weight excluding hydrogens is 368 g/mol. The lowest BCUT2D eigenvalue weighted by Gasteiger charge is -2.29. The Hall–Kier alpha value is -2.69. The van der Waals surface area contributed by atoms with Crippen LogP contribution in [0.15, 0.2) is 30.5 Å². The molecule has 3 aliphatic rings. The van der Waals surface area contributed by atoms with Crippen LogP contribution < -0.4 is 4.90 Å². The lowest BCUT2D eigenvalue weighted by atomic mass is 10.1. The van der Waals surface area contributed by atoms with Gasteiger partial charge in [0.05, 0.1) is 26.0 Å². The molecule has 1 aliphatic heterocycles. The van der Waals surface area contributed by atoms with Crippen molar-refractivity contribution >= 4 is 11.6 Å². The topological polar surface area (TPSA) is 69.5 Å². The first-order valence-electron chi connectivity index (χ1n) is 10.1. The maximum absolute atomic E-state index is 12.8. The SMILES string of the molecule is CN(C(=O)c1cn(CC2OCC3(CC3)CO2)nn1)c1cccc(C#CC2CC2)c1. The maximum Gasteiger partial charge on any atom is 0.280 e. The molecule has 7 nitrogen and oxygen atoms in total. The van der Waals surface area contributed by atoms with E-state index in [9.17, 15) is 4.79 Å². The highest BCUT2D eigenvalue weighted by Crippen LogP contribution is 2.48. The van der Waals surface area contributed by atoms with E-state index in [0.29, 0.717) is 12.5 Å². The van der Waals surface area contributed by atoms with Crippen LogP contribution in [0.2, 0.25) is 0 Å². The van der Waals surface area contributed by atoms with Gasteiger partial charge in [0.1, 0.15) is 0 Å². The second kappa shape index (κ2) is 7.29. The third-order valence-corrected chi connectivity index (χ3v) is 5.74. The Kier molecular flexibility index (Phi) is 4.61. The minimum Gasteiger partial charge on any atom is -0.350 e. The van der Waals surface area contributed by atoms with Crippen molar-refractivity contribution in [3.05, 3.63) is 41.7 Å². The van der Waals surface area contributed by atoms with Gasteiger partial charge >= 0.3 is 0 Å². The quantitative estimate of drug-likeness (QED) is 0.748. The first-order valence-corrected chi connectivity index (χ1v) is 10.1. The van der Waals surface area contributed by atoms with Crippen LogP contribution >= 0.6 is 0 Å². The van der Waals surface area contributed by atoms with Crippen molar-refractivity contribution in [2.45, 2.75) is 38.5 Å². The van der Waals surface area contributed by atoms with Crippen molar-refractivity contribution < 1.29 is 14.3 Å². The fourth-order valence-corrected chi connectivity index (χ4v) is 3.33. The zero-order chi connectivity index (χ0) is 19.8. The van der Waals surface area contributed by atoms with Gasteiger partial charge in [-0.15, -0.1) is 5.10 Å². The number of nitrogens with zero attached hydrogens (tertiary/aromatic N) is 4. The van der Waals surface area contributed by atoms with Gasteiger partial charge in [-0.2, -0.15) is 0 Å². The highest BCUT2D eigenvalue weighted by atomic mass is 16.7. The summed E-state index contributed by atoms with van der Waals surface area (Å²) in [6.45, 7) is 1.90. The summed E-state index contributed by atoms with van der Waals surface area (Å²) in [6.07, 6.45) is 6.05. The molecule has 7 heteroatoms. The minimum atomic E-state index is -0.342. The average Bonchev–Trinajstić information content (AvgIpc) is 3.67. The Morgan fingerprint density at radius 3 is 2.83 bits per heavy atom. The molecule has 0 radical (unpaired) electrons. The number of hydrogen-bond acceptors (Lipinski definition) is 5. The fourth-order valence-electron chi connectivity index (χ4n) is 3.33. The zero-order valence-corrected chi connectivity index (χ0v) is 16.5. The van der Waals surface area contributed by atoms with E-state index in [1.54, 1.807) is 22.8 Å². The van der Waals surface area contributed by atoms with Gasteiger partial charge in [0.2, 0.25) is 0 Å². The maximum atomic E-state index is 12.8. The van der Waals surface area contributed by atoms with E-state index in [1.165, 1.54) is 25.7 Å². The van der Waals surface area contributed by atoms with Crippen LogP contribution in [-0.2, 0) is 16.0 Å². The van der Waals surface area contributed by atoms with E-state index in [2.05, 4.69) is 22.2 Å². The number of ether oxygens (including phenoxy) is 2. The molecule has 0 atom stereocenters. The lowest BCUT2D eigenvalue weighted by Crippen LogP contribution is -2.36. The van der Waals surface area contributed by atoms with Crippen LogP contribution in [0.3, 0.4) is 0 Å². The summed E-state index contributed by atoms with van der Waals surface area (Å²) < 4.78 is 13.2. The summed E-state index contributed by atoms with van der Waals surface area (Å²) in [4.78, 5) is 14.4. The highest BCUT2D eigenvalue weighted by molar-refractivity contribution is 6.04. The summed E-state index contributed by atoms with van der Waals surface area (Å²) in [7, 11) is 1.73. The number of rotatable bonds is 4. The Morgan fingerprint density at radius 2 is 2.10 bits per heavy atom. The number of carbonyl (C=O) groups is 1. The van der Waals surface area contributed by atoms with Crippen molar-refractivity contribution in [3.8, 4) is 11.8 Å². The van der Waals surface area contributed by atoms with Gasteiger partial charge in [-0.25, -0.2) is 4.68 Å². The number of amides is 1. The molecule has 150 valence electrons. The van der Waals surface area contributed by atoms with Crippen LogP contribution in [-0.4, -0.2) is 47.5 Å². The smallest absolute Gasteiger partial charge is 0.280 e. The van der Waals surface area contributed by atoms with Gasteiger partial charge in [-0.1, -0.05) is 23.1 Å². The molecule has 1 spiro atoms. The number of carbonyl (C=O) groups excluding carboxylic acids is 1. The molecule has 1 amide bonds. The Balaban J connectivity index is 1.22. The summed E-state index contributed by atoms with van der Waals surface area (Å²) in [5.41, 5.74) is 2.25. The van der Waals surface area contributed by atoms with Crippen molar-refractivity contribution in [1.29, 1.82) is 0 Å². The molecule has 29 heavy (non-hydrogen) atoms. The van der Waals surface area contributed by atoms with E-state index < -0.39 is 0 Å². The number of hydrogen-bond donors (Lipinski definition) is 0. The highest BCUT2D eigenvalue weighted by Gasteiger charge is 2.47. The van der Waals surface area contributed by atoms with E-state index >= 15 is 0 Å². The van der Waals surface area contributed by atoms with Crippen LogP contribution in [0.4, 0.5) is 5.69 Å². The monoisotopic (exact) mass is 392 g/mol. The summed E-state index contributed by atoms with van der Waals surface area (Å²) in [5.74, 6) is 6.77. The standard InChI is InChI=1S/C22H24N4O3/c1-25(18-4-2-3-17(11-18)8-7-16-5-6-16)21(27)19-12-26(24-23-19)13-20-28-14-22(9-10-22)15-29-20/h2-4,11-12,16,20H,5-6,9-10,13-15H2,1H3. The molecule has 1 saturated heterocycles.